The first-order chi connectivity index (χ1) is 10.1. The molecule has 7 heteroatoms. The quantitative estimate of drug-likeness (QED) is 0.733. The predicted octanol–water partition coefficient (Wildman–Crippen LogP) is 3.53. The maximum Gasteiger partial charge on any atom is 0.187 e. The van der Waals surface area contributed by atoms with Crippen LogP contribution >= 0.6 is 23.2 Å². The van der Waals surface area contributed by atoms with Crippen molar-refractivity contribution in [1.82, 2.24) is 20.2 Å². The normalized spacial score (nSPS) is 10.8. The molecule has 3 aromatic rings. The first-order valence-electron chi connectivity index (χ1n) is 6.17. The minimum Gasteiger partial charge on any atom is -0.399 e. The van der Waals surface area contributed by atoms with E-state index in [2.05, 4.69) is 15.5 Å². The molecule has 1 aromatic heterocycles. The number of benzene rings is 2. The van der Waals surface area contributed by atoms with Gasteiger partial charge in [-0.15, -0.1) is 5.10 Å². The Hall–Kier alpha value is -2.11. The van der Waals surface area contributed by atoms with Gasteiger partial charge in [-0.3, -0.25) is 0 Å². The lowest BCUT2D eigenvalue weighted by Crippen LogP contribution is -2.02. The molecule has 0 unspecified atom stereocenters. The van der Waals surface area contributed by atoms with Gasteiger partial charge in [0.05, 0.1) is 10.0 Å². The highest BCUT2D eigenvalue weighted by molar-refractivity contribution is 6.38. The Kier molecular flexibility index (Phi) is 3.53. The Morgan fingerprint density at radius 3 is 2.48 bits per heavy atom. The van der Waals surface area contributed by atoms with E-state index in [1.54, 1.807) is 18.2 Å². The third-order valence-corrected chi connectivity index (χ3v) is 3.89. The van der Waals surface area contributed by atoms with Crippen LogP contribution in [0, 0.1) is 6.92 Å². The van der Waals surface area contributed by atoms with Gasteiger partial charge in [-0.05, 0) is 53.2 Å². The summed E-state index contributed by atoms with van der Waals surface area (Å²) in [6, 6.07) is 10.9. The molecule has 5 nitrogen and oxygen atoms in total. The van der Waals surface area contributed by atoms with Crippen molar-refractivity contribution >= 4 is 28.9 Å². The topological polar surface area (TPSA) is 69.6 Å². The second kappa shape index (κ2) is 5.35. The third-order valence-electron chi connectivity index (χ3n) is 3.11. The van der Waals surface area contributed by atoms with E-state index in [4.69, 9.17) is 28.9 Å². The van der Waals surface area contributed by atoms with Crippen LogP contribution in [-0.2, 0) is 0 Å². The number of rotatable bonds is 2. The van der Waals surface area contributed by atoms with Crippen LogP contribution in [0.25, 0.3) is 17.1 Å². The second-order valence-electron chi connectivity index (χ2n) is 4.56. The fourth-order valence-corrected chi connectivity index (χ4v) is 2.52. The molecule has 0 atom stereocenters. The van der Waals surface area contributed by atoms with E-state index >= 15 is 0 Å². The number of anilines is 1. The van der Waals surface area contributed by atoms with E-state index in [0.717, 1.165) is 11.1 Å². The number of nitrogen functional groups attached to an aromatic ring is 1. The number of nitrogens with two attached hydrogens (primary N) is 1. The highest BCUT2D eigenvalue weighted by Gasteiger charge is 2.17. The van der Waals surface area contributed by atoms with Crippen molar-refractivity contribution in [2.24, 2.45) is 0 Å². The highest BCUT2D eigenvalue weighted by Crippen LogP contribution is 2.33. The number of nitrogens with zero attached hydrogens (tertiary/aromatic N) is 4. The fraction of sp³-hybridized carbons (Fsp3) is 0.0714. The van der Waals surface area contributed by atoms with Gasteiger partial charge in [-0.25, -0.2) is 0 Å². The third kappa shape index (κ3) is 2.46. The summed E-state index contributed by atoms with van der Waals surface area (Å²) in [5.41, 5.74) is 8.65. The molecule has 21 heavy (non-hydrogen) atoms. The number of hydrogen-bond donors (Lipinski definition) is 1. The Bertz CT molecular complexity index is 796. The highest BCUT2D eigenvalue weighted by atomic mass is 35.5. The number of tetrazole rings is 1. The van der Waals surface area contributed by atoms with E-state index in [-0.39, 0.29) is 0 Å². The SMILES string of the molecule is Cc1ccc(Cl)c(-n2nnnc2-c2ccc(N)cc2)c1Cl. The maximum absolute atomic E-state index is 6.35. The van der Waals surface area contributed by atoms with Crippen LogP contribution in [0.15, 0.2) is 36.4 Å². The lowest BCUT2D eigenvalue weighted by Gasteiger charge is -2.10. The molecule has 0 aliphatic rings. The molecule has 0 saturated carbocycles. The molecule has 0 saturated heterocycles. The van der Waals surface area contributed by atoms with Crippen LogP contribution in [0.2, 0.25) is 10.0 Å². The zero-order chi connectivity index (χ0) is 15.0. The minimum absolute atomic E-state index is 0.481. The minimum atomic E-state index is 0.481. The average Bonchev–Trinajstić information content (AvgIpc) is 2.93. The van der Waals surface area contributed by atoms with Crippen molar-refractivity contribution in [2.75, 3.05) is 5.73 Å². The van der Waals surface area contributed by atoms with Crippen LogP contribution in [0.3, 0.4) is 0 Å². The van der Waals surface area contributed by atoms with Crippen molar-refractivity contribution in [3.05, 3.63) is 52.0 Å². The molecule has 0 radical (unpaired) electrons. The smallest absolute Gasteiger partial charge is 0.187 e. The van der Waals surface area contributed by atoms with E-state index in [1.807, 2.05) is 25.1 Å². The van der Waals surface area contributed by atoms with E-state index in [0.29, 0.717) is 27.2 Å². The summed E-state index contributed by atoms with van der Waals surface area (Å²) in [6.07, 6.45) is 0. The van der Waals surface area contributed by atoms with Gasteiger partial charge in [0, 0.05) is 11.3 Å². The van der Waals surface area contributed by atoms with Crippen LogP contribution in [0.5, 0.6) is 0 Å². The molecule has 0 spiro atoms. The number of aryl methyl sites for hydroxylation is 1. The van der Waals surface area contributed by atoms with Crippen molar-refractivity contribution < 1.29 is 0 Å². The fourth-order valence-electron chi connectivity index (χ4n) is 1.99. The molecule has 0 fully saturated rings. The summed E-state index contributed by atoms with van der Waals surface area (Å²) in [5.74, 6) is 0.546. The summed E-state index contributed by atoms with van der Waals surface area (Å²) in [5, 5.41) is 12.8. The summed E-state index contributed by atoms with van der Waals surface area (Å²) in [6.45, 7) is 1.90. The first kappa shape index (κ1) is 13.9. The van der Waals surface area contributed by atoms with Crippen LogP contribution in [0.1, 0.15) is 5.56 Å². The second-order valence-corrected chi connectivity index (χ2v) is 5.35. The van der Waals surface area contributed by atoms with Gasteiger partial charge in [0.2, 0.25) is 0 Å². The predicted molar refractivity (Wildman–Crippen MR) is 83.8 cm³/mol. The van der Waals surface area contributed by atoms with Crippen molar-refractivity contribution in [2.45, 2.75) is 6.92 Å². The van der Waals surface area contributed by atoms with Crippen LogP contribution < -0.4 is 5.73 Å². The van der Waals surface area contributed by atoms with Crippen molar-refractivity contribution in [3.8, 4) is 17.1 Å². The molecule has 2 N–H and O–H groups in total. The summed E-state index contributed by atoms with van der Waals surface area (Å²) in [4.78, 5) is 0. The van der Waals surface area contributed by atoms with E-state index < -0.39 is 0 Å². The monoisotopic (exact) mass is 319 g/mol. The van der Waals surface area contributed by atoms with Crippen LogP contribution in [-0.4, -0.2) is 20.2 Å². The van der Waals surface area contributed by atoms with Gasteiger partial charge in [-0.2, -0.15) is 4.68 Å². The van der Waals surface area contributed by atoms with E-state index in [9.17, 15) is 0 Å². The lowest BCUT2D eigenvalue weighted by atomic mass is 10.2. The van der Waals surface area contributed by atoms with Crippen molar-refractivity contribution in [3.63, 3.8) is 0 Å². The number of aromatic nitrogens is 4. The molecule has 3 rings (SSSR count). The molecule has 0 aliphatic carbocycles. The van der Waals surface area contributed by atoms with Gasteiger partial charge in [0.1, 0.15) is 5.69 Å². The lowest BCUT2D eigenvalue weighted by molar-refractivity contribution is 0.791. The molecular formula is C14H11Cl2N5. The molecule has 1 heterocycles. The van der Waals surface area contributed by atoms with Gasteiger partial charge >= 0.3 is 0 Å². The van der Waals surface area contributed by atoms with E-state index in [1.165, 1.54) is 4.68 Å². The summed E-state index contributed by atoms with van der Waals surface area (Å²) >= 11 is 12.6. The Morgan fingerprint density at radius 1 is 1.05 bits per heavy atom. The Balaban J connectivity index is 2.20. The average molecular weight is 320 g/mol. The molecule has 0 bridgehead atoms. The Labute approximate surface area is 131 Å². The zero-order valence-corrected chi connectivity index (χ0v) is 12.6. The Morgan fingerprint density at radius 2 is 1.76 bits per heavy atom. The summed E-state index contributed by atoms with van der Waals surface area (Å²) < 4.78 is 1.53. The molecule has 2 aromatic carbocycles. The van der Waals surface area contributed by atoms with Gasteiger partial charge in [0.25, 0.3) is 0 Å². The van der Waals surface area contributed by atoms with Crippen LogP contribution in [0.4, 0.5) is 5.69 Å². The van der Waals surface area contributed by atoms with Gasteiger partial charge < -0.3 is 5.73 Å². The summed E-state index contributed by atoms with van der Waals surface area (Å²) in [7, 11) is 0. The molecular weight excluding hydrogens is 309 g/mol. The van der Waals surface area contributed by atoms with Crippen molar-refractivity contribution in [1.29, 1.82) is 0 Å². The number of halogens is 2. The standard InChI is InChI=1S/C14H11Cl2N5/c1-8-2-7-11(15)13(12(8)16)21-14(18-19-20-21)9-3-5-10(17)6-4-9/h2-7H,17H2,1H3. The zero-order valence-electron chi connectivity index (χ0n) is 11.1. The number of hydrogen-bond acceptors (Lipinski definition) is 4. The van der Waals surface area contributed by atoms with Gasteiger partial charge in [0.15, 0.2) is 5.82 Å². The molecule has 0 aliphatic heterocycles. The molecule has 0 amide bonds. The molecule has 106 valence electrons. The first-order valence-corrected chi connectivity index (χ1v) is 6.93. The largest absolute Gasteiger partial charge is 0.399 e. The van der Waals surface area contributed by atoms with Gasteiger partial charge in [-0.1, -0.05) is 29.3 Å². The maximum atomic E-state index is 6.35.